The normalized spacial score (nSPS) is 18.2. The summed E-state index contributed by atoms with van der Waals surface area (Å²) in [5.41, 5.74) is -1.27. The molecule has 0 aromatic heterocycles. The van der Waals surface area contributed by atoms with Crippen LogP contribution < -0.4 is 0 Å². The van der Waals surface area contributed by atoms with E-state index >= 15 is 0 Å². The molecule has 0 bridgehead atoms. The fourth-order valence-corrected chi connectivity index (χ4v) is 3.52. The molecule has 0 aromatic rings. The molecule has 7 heteroatoms. The van der Waals surface area contributed by atoms with Crippen molar-refractivity contribution in [1.29, 1.82) is 0 Å². The SMILES string of the molecule is CCCCCCCCN(C)[C@@](CCC(=O)O)(C(=O)O)N1CCOCC1. The summed E-state index contributed by atoms with van der Waals surface area (Å²) >= 11 is 0. The minimum atomic E-state index is -1.27. The van der Waals surface area contributed by atoms with Crippen molar-refractivity contribution in [3.05, 3.63) is 0 Å². The highest BCUT2D eigenvalue weighted by Crippen LogP contribution is 2.28. The van der Waals surface area contributed by atoms with Gasteiger partial charge in [0, 0.05) is 32.5 Å². The van der Waals surface area contributed by atoms with Crippen molar-refractivity contribution in [2.24, 2.45) is 0 Å². The fraction of sp³-hybridized carbons (Fsp3) is 0.889. The number of unbranched alkanes of at least 4 members (excludes halogenated alkanes) is 5. The molecule has 1 saturated heterocycles. The smallest absolute Gasteiger partial charge is 0.339 e. The van der Waals surface area contributed by atoms with Gasteiger partial charge in [0.2, 0.25) is 0 Å². The van der Waals surface area contributed by atoms with Gasteiger partial charge < -0.3 is 14.9 Å². The van der Waals surface area contributed by atoms with Crippen molar-refractivity contribution < 1.29 is 24.5 Å². The third-order valence-corrected chi connectivity index (χ3v) is 5.04. The number of aliphatic carboxylic acids is 2. The van der Waals surface area contributed by atoms with Gasteiger partial charge in [0.25, 0.3) is 0 Å². The van der Waals surface area contributed by atoms with E-state index in [1.807, 2.05) is 9.80 Å². The Morgan fingerprint density at radius 2 is 1.68 bits per heavy atom. The molecule has 0 aliphatic carbocycles. The predicted molar refractivity (Wildman–Crippen MR) is 95.6 cm³/mol. The third kappa shape index (κ3) is 6.56. The number of carboxylic acids is 2. The number of hydrogen-bond acceptors (Lipinski definition) is 5. The van der Waals surface area contributed by atoms with E-state index < -0.39 is 17.6 Å². The van der Waals surface area contributed by atoms with E-state index in [2.05, 4.69) is 6.92 Å². The summed E-state index contributed by atoms with van der Waals surface area (Å²) in [6, 6.07) is 0. The first-order valence-corrected chi connectivity index (χ1v) is 9.44. The first-order valence-electron chi connectivity index (χ1n) is 9.44. The molecule has 25 heavy (non-hydrogen) atoms. The lowest BCUT2D eigenvalue weighted by Crippen LogP contribution is -2.66. The number of likely N-dealkylation sites (N-methyl/N-ethyl adjacent to an activating group) is 1. The molecular weight excluding hydrogens is 324 g/mol. The van der Waals surface area contributed by atoms with Crippen LogP contribution >= 0.6 is 0 Å². The maximum Gasteiger partial charge on any atom is 0.339 e. The summed E-state index contributed by atoms with van der Waals surface area (Å²) in [6.07, 6.45) is 6.72. The fourth-order valence-electron chi connectivity index (χ4n) is 3.52. The van der Waals surface area contributed by atoms with E-state index in [0.717, 1.165) is 19.3 Å². The Balaban J connectivity index is 2.75. The van der Waals surface area contributed by atoms with Crippen LogP contribution in [0.3, 0.4) is 0 Å². The number of nitrogens with zero attached hydrogens (tertiary/aromatic N) is 2. The lowest BCUT2D eigenvalue weighted by Gasteiger charge is -2.47. The number of ether oxygens (including phenoxy) is 1. The van der Waals surface area contributed by atoms with Gasteiger partial charge in [-0.05, 0) is 13.5 Å². The summed E-state index contributed by atoms with van der Waals surface area (Å²) in [5, 5.41) is 19.1. The third-order valence-electron chi connectivity index (χ3n) is 5.04. The molecule has 1 aliphatic heterocycles. The Hall–Kier alpha value is -1.18. The van der Waals surface area contributed by atoms with Gasteiger partial charge in [0.05, 0.1) is 13.2 Å². The van der Waals surface area contributed by atoms with Crippen LogP contribution in [0.5, 0.6) is 0 Å². The Kier molecular flexibility index (Phi) is 10.0. The van der Waals surface area contributed by atoms with Crippen LogP contribution in [0.1, 0.15) is 58.3 Å². The van der Waals surface area contributed by atoms with Gasteiger partial charge in [-0.2, -0.15) is 0 Å². The lowest BCUT2D eigenvalue weighted by atomic mass is 9.98. The molecule has 1 atom stereocenters. The van der Waals surface area contributed by atoms with Gasteiger partial charge in [-0.15, -0.1) is 0 Å². The second-order valence-electron chi connectivity index (χ2n) is 6.80. The van der Waals surface area contributed by atoms with Crippen molar-refractivity contribution >= 4 is 11.9 Å². The Morgan fingerprint density at radius 3 is 2.24 bits per heavy atom. The van der Waals surface area contributed by atoms with E-state index in [-0.39, 0.29) is 12.8 Å². The van der Waals surface area contributed by atoms with Crippen LogP contribution in [0, 0.1) is 0 Å². The highest BCUT2D eigenvalue weighted by Gasteiger charge is 2.48. The monoisotopic (exact) mass is 358 g/mol. The minimum Gasteiger partial charge on any atom is -0.481 e. The zero-order valence-corrected chi connectivity index (χ0v) is 15.7. The van der Waals surface area contributed by atoms with E-state index in [0.29, 0.717) is 32.8 Å². The molecule has 0 radical (unpaired) electrons. The van der Waals surface area contributed by atoms with Gasteiger partial charge in [0.15, 0.2) is 5.66 Å². The Labute approximate surface area is 150 Å². The highest BCUT2D eigenvalue weighted by molar-refractivity contribution is 5.79. The largest absolute Gasteiger partial charge is 0.481 e. The molecule has 1 heterocycles. The van der Waals surface area contributed by atoms with Gasteiger partial charge in [-0.25, -0.2) is 4.79 Å². The first-order chi connectivity index (χ1) is 11.9. The average Bonchev–Trinajstić information content (AvgIpc) is 2.59. The molecule has 2 N–H and O–H groups in total. The van der Waals surface area contributed by atoms with Gasteiger partial charge >= 0.3 is 11.9 Å². The number of carbonyl (C=O) groups is 2. The molecule has 1 rings (SSSR count). The molecule has 0 unspecified atom stereocenters. The number of carboxylic acid groups (broad SMARTS) is 2. The zero-order chi connectivity index (χ0) is 18.7. The van der Waals surface area contributed by atoms with Crippen LogP contribution in [0.25, 0.3) is 0 Å². The van der Waals surface area contributed by atoms with E-state index in [4.69, 9.17) is 9.84 Å². The topological polar surface area (TPSA) is 90.3 Å². The van der Waals surface area contributed by atoms with Crippen molar-refractivity contribution in [2.75, 3.05) is 39.9 Å². The van der Waals surface area contributed by atoms with Crippen LogP contribution in [0.15, 0.2) is 0 Å². The van der Waals surface area contributed by atoms with Crippen molar-refractivity contribution in [3.63, 3.8) is 0 Å². The number of morpholine rings is 1. The Morgan fingerprint density at radius 1 is 1.08 bits per heavy atom. The van der Waals surface area contributed by atoms with Crippen LogP contribution in [-0.4, -0.2) is 77.5 Å². The highest BCUT2D eigenvalue weighted by atomic mass is 16.5. The van der Waals surface area contributed by atoms with Gasteiger partial charge in [0.1, 0.15) is 0 Å². The molecular formula is C18H34N2O5. The molecule has 146 valence electrons. The maximum atomic E-state index is 12.2. The molecule has 1 aliphatic rings. The molecule has 1 fully saturated rings. The summed E-state index contributed by atoms with van der Waals surface area (Å²) < 4.78 is 5.35. The molecule has 0 saturated carbocycles. The number of rotatable bonds is 13. The first kappa shape index (κ1) is 21.9. The van der Waals surface area contributed by atoms with Gasteiger partial charge in [-0.3, -0.25) is 14.6 Å². The maximum absolute atomic E-state index is 12.2. The summed E-state index contributed by atoms with van der Waals surface area (Å²) in [4.78, 5) is 27.0. The van der Waals surface area contributed by atoms with Crippen molar-refractivity contribution in [3.8, 4) is 0 Å². The molecule has 0 amide bonds. The minimum absolute atomic E-state index is 0.0734. The van der Waals surface area contributed by atoms with Crippen molar-refractivity contribution in [1.82, 2.24) is 9.80 Å². The van der Waals surface area contributed by atoms with Gasteiger partial charge in [-0.1, -0.05) is 39.0 Å². The summed E-state index contributed by atoms with van der Waals surface area (Å²) in [5.74, 6) is -1.93. The standard InChI is InChI=1S/C18H34N2O5/c1-3-4-5-6-7-8-11-19(2)18(17(23)24,10-9-16(21)22)20-12-14-25-15-13-20/h3-15H2,1-2H3,(H,21,22)(H,23,24)/t18-/m1/s1. The average molecular weight is 358 g/mol. The second kappa shape index (κ2) is 11.4. The zero-order valence-electron chi connectivity index (χ0n) is 15.7. The molecule has 0 spiro atoms. The summed E-state index contributed by atoms with van der Waals surface area (Å²) in [7, 11) is 1.80. The van der Waals surface area contributed by atoms with Crippen LogP contribution in [-0.2, 0) is 14.3 Å². The quantitative estimate of drug-likeness (QED) is 0.488. The predicted octanol–water partition coefficient (Wildman–Crippen LogP) is 2.26. The second-order valence-corrected chi connectivity index (χ2v) is 6.80. The summed E-state index contributed by atoms with van der Waals surface area (Å²) in [6.45, 7) is 4.80. The van der Waals surface area contributed by atoms with E-state index in [1.54, 1.807) is 7.05 Å². The van der Waals surface area contributed by atoms with E-state index in [1.165, 1.54) is 19.3 Å². The lowest BCUT2D eigenvalue weighted by molar-refractivity contribution is -0.175. The van der Waals surface area contributed by atoms with Crippen molar-refractivity contribution in [2.45, 2.75) is 64.0 Å². The van der Waals surface area contributed by atoms with Crippen LogP contribution in [0.2, 0.25) is 0 Å². The molecule has 0 aromatic carbocycles. The van der Waals surface area contributed by atoms with E-state index in [9.17, 15) is 14.7 Å². The number of hydrogen-bond donors (Lipinski definition) is 2. The molecule has 7 nitrogen and oxygen atoms in total. The Bertz CT molecular complexity index is 412. The van der Waals surface area contributed by atoms with Crippen LogP contribution in [0.4, 0.5) is 0 Å².